The quantitative estimate of drug-likeness (QED) is 0.367. The molecule has 0 aliphatic carbocycles. The van der Waals surface area contributed by atoms with E-state index in [9.17, 15) is 0 Å². The molecule has 0 amide bonds. The van der Waals surface area contributed by atoms with E-state index in [4.69, 9.17) is 0 Å². The Bertz CT molecular complexity index is 65.6. The summed E-state index contributed by atoms with van der Waals surface area (Å²) in [6.45, 7) is 0. The van der Waals surface area contributed by atoms with E-state index in [1.807, 2.05) is 0 Å². The summed E-state index contributed by atoms with van der Waals surface area (Å²) in [5, 5.41) is 0. The van der Waals surface area contributed by atoms with E-state index in [1.54, 1.807) is 0 Å². The van der Waals surface area contributed by atoms with Crippen molar-refractivity contribution < 1.29 is 0 Å². The van der Waals surface area contributed by atoms with E-state index in [0.29, 0.717) is 0 Å². The van der Waals surface area contributed by atoms with Crippen LogP contribution in [0.2, 0.25) is 0 Å². The van der Waals surface area contributed by atoms with Crippen molar-refractivity contribution in [2.75, 3.05) is 0 Å². The minimum atomic E-state index is 0. The van der Waals surface area contributed by atoms with Gasteiger partial charge in [-0.1, -0.05) is 12.2 Å². The molecule has 1 heterocycles. The SMILES string of the molecule is C1=[CH][AlH][CH]=C1.[Li]. The van der Waals surface area contributed by atoms with Crippen LogP contribution in [-0.2, 0) is 0 Å². The second-order valence-electron chi connectivity index (χ2n) is 1.09. The van der Waals surface area contributed by atoms with Crippen LogP contribution in [-0.4, -0.2) is 34.1 Å². The largest absolute Gasteiger partial charge is 0.302 e. The van der Waals surface area contributed by atoms with E-state index in [1.165, 1.54) is 0 Å². The average molecular weight is 87.0 g/mol. The third-order valence-corrected chi connectivity index (χ3v) is 1.74. The van der Waals surface area contributed by atoms with Gasteiger partial charge in [-0.25, -0.2) is 0 Å². The van der Waals surface area contributed by atoms with E-state index in [0.717, 1.165) is 0 Å². The van der Waals surface area contributed by atoms with Crippen LogP contribution in [0.15, 0.2) is 22.0 Å². The Morgan fingerprint density at radius 3 is 1.67 bits per heavy atom. The van der Waals surface area contributed by atoms with Gasteiger partial charge in [-0.3, -0.25) is 0 Å². The first-order valence-corrected chi connectivity index (χ1v) is 3.45. The summed E-state index contributed by atoms with van der Waals surface area (Å²) in [5.74, 6) is 0. The van der Waals surface area contributed by atoms with Gasteiger partial charge in [0.2, 0.25) is 0 Å². The van der Waals surface area contributed by atoms with Gasteiger partial charge in [-0.05, 0) is 0 Å². The first-order valence-electron chi connectivity index (χ1n) is 1.82. The van der Waals surface area contributed by atoms with Gasteiger partial charge in [0.15, 0.2) is 0 Å². The van der Waals surface area contributed by atoms with Crippen molar-refractivity contribution in [2.45, 2.75) is 0 Å². The van der Waals surface area contributed by atoms with Gasteiger partial charge in [0.25, 0.3) is 0 Å². The zero-order chi connectivity index (χ0) is 3.54. The van der Waals surface area contributed by atoms with Gasteiger partial charge < -0.3 is 0 Å². The molecule has 0 unspecified atom stereocenters. The topological polar surface area (TPSA) is 0 Å². The van der Waals surface area contributed by atoms with E-state index >= 15 is 0 Å². The summed E-state index contributed by atoms with van der Waals surface area (Å²) in [7, 11) is 0. The number of hydrogen-bond acceptors (Lipinski definition) is 0. The van der Waals surface area contributed by atoms with Crippen molar-refractivity contribution in [3.05, 3.63) is 22.0 Å². The van der Waals surface area contributed by atoms with Gasteiger partial charge in [0, 0.05) is 18.9 Å². The molecule has 0 atom stereocenters. The molecule has 1 aliphatic heterocycles. The van der Waals surface area contributed by atoms with Gasteiger partial charge in [0.05, 0.1) is 0 Å². The van der Waals surface area contributed by atoms with E-state index < -0.39 is 0 Å². The van der Waals surface area contributed by atoms with Crippen LogP contribution < -0.4 is 0 Å². The van der Waals surface area contributed by atoms with Crippen LogP contribution in [0.5, 0.6) is 0 Å². The molecular formula is C4H5AlLi. The molecule has 0 saturated carbocycles. The molecule has 1 aliphatic rings. The van der Waals surface area contributed by atoms with Crippen LogP contribution in [0, 0.1) is 0 Å². The average Bonchev–Trinajstić information content (AvgIpc) is 1.76. The van der Waals surface area contributed by atoms with Crippen molar-refractivity contribution in [1.29, 1.82) is 0 Å². The maximum atomic E-state index is 2.26. The van der Waals surface area contributed by atoms with Crippen molar-refractivity contribution in [3.8, 4) is 0 Å². The van der Waals surface area contributed by atoms with Gasteiger partial charge >= 0.3 is 15.2 Å². The Labute approximate surface area is 56.2 Å². The predicted octanol–water partition coefficient (Wildman–Crippen LogP) is 0.0831. The summed E-state index contributed by atoms with van der Waals surface area (Å²) in [6.07, 6.45) is 4.23. The number of hydrogen-bond donors (Lipinski definition) is 0. The summed E-state index contributed by atoms with van der Waals surface area (Å²) >= 11 is 0.182. The van der Waals surface area contributed by atoms with E-state index in [-0.39, 0.29) is 34.1 Å². The zero-order valence-electron chi connectivity index (χ0n) is 4.02. The second-order valence-corrected chi connectivity index (χ2v) is 2.51. The molecule has 25 valence electrons. The molecule has 0 aromatic carbocycles. The summed E-state index contributed by atoms with van der Waals surface area (Å²) in [4.78, 5) is 4.53. The first-order chi connectivity index (χ1) is 2.50. The molecule has 0 N–H and O–H groups in total. The number of allylic oxidation sites excluding steroid dienone is 2. The molecule has 0 fully saturated rings. The molecule has 0 aromatic heterocycles. The smallest absolute Gasteiger partial charge is 0.144 e. The van der Waals surface area contributed by atoms with Crippen molar-refractivity contribution in [2.24, 2.45) is 0 Å². The summed E-state index contributed by atoms with van der Waals surface area (Å²) in [5.41, 5.74) is 0. The molecule has 1 rings (SSSR count). The normalized spacial score (nSPS) is 13.3. The molecule has 1 radical (unpaired) electrons. The Morgan fingerprint density at radius 2 is 1.50 bits per heavy atom. The second kappa shape index (κ2) is 3.79. The predicted molar refractivity (Wildman–Crippen MR) is 31.2 cm³/mol. The molecular weight excluding hydrogens is 82.0 g/mol. The monoisotopic (exact) mass is 87.0 g/mol. The third kappa shape index (κ3) is 1.91. The Morgan fingerprint density at radius 1 is 1.00 bits per heavy atom. The maximum Gasteiger partial charge on any atom is 0.302 e. The summed E-state index contributed by atoms with van der Waals surface area (Å²) < 4.78 is 0. The Balaban J connectivity index is 0.000000250. The minimum absolute atomic E-state index is 0. The molecule has 6 heavy (non-hydrogen) atoms. The Kier molecular flexibility index (Phi) is 4.17. The van der Waals surface area contributed by atoms with Gasteiger partial charge in [-0.2, -0.15) is 0 Å². The standard InChI is InChI=1S/C4H4.Al.Li.H/c1-3-4-2;;;/h1-4H;;;. The summed E-state index contributed by atoms with van der Waals surface area (Å²) in [6, 6.07) is 0. The van der Waals surface area contributed by atoms with Crippen LogP contribution in [0.3, 0.4) is 0 Å². The van der Waals surface area contributed by atoms with Crippen molar-refractivity contribution in [3.63, 3.8) is 0 Å². The van der Waals surface area contributed by atoms with Crippen molar-refractivity contribution in [1.82, 2.24) is 0 Å². The van der Waals surface area contributed by atoms with Gasteiger partial charge in [0.1, 0.15) is 0 Å². The fraction of sp³-hybridized carbons (Fsp3) is 0. The van der Waals surface area contributed by atoms with Crippen LogP contribution in [0.1, 0.15) is 0 Å². The van der Waals surface area contributed by atoms with Crippen molar-refractivity contribution >= 4 is 34.1 Å². The third-order valence-electron chi connectivity index (χ3n) is 0.655. The zero-order valence-corrected chi connectivity index (χ0v) is 5.43. The van der Waals surface area contributed by atoms with Crippen LogP contribution in [0.25, 0.3) is 0 Å². The Hall–Kier alpha value is 0.610. The minimum Gasteiger partial charge on any atom is -0.144 e. The molecule has 0 aromatic rings. The molecule has 2 heteroatoms. The fourth-order valence-corrected chi connectivity index (χ4v) is 1.18. The van der Waals surface area contributed by atoms with Crippen LogP contribution in [0.4, 0.5) is 0 Å². The fourth-order valence-electron chi connectivity index (χ4n) is 0.393. The molecule has 0 bridgehead atoms. The first kappa shape index (κ1) is 6.61. The van der Waals surface area contributed by atoms with Gasteiger partial charge in [-0.15, -0.1) is 9.88 Å². The van der Waals surface area contributed by atoms with Crippen LogP contribution >= 0.6 is 0 Å². The van der Waals surface area contributed by atoms with E-state index in [2.05, 4.69) is 22.0 Å². The molecule has 0 saturated heterocycles. The molecule has 0 spiro atoms. The molecule has 0 nitrogen and oxygen atoms in total. The maximum absolute atomic E-state index is 2.26. The number of rotatable bonds is 0.